The molecule has 15 aromatic rings. The van der Waals surface area contributed by atoms with Crippen LogP contribution in [0, 0.1) is 0 Å². The number of hydrogen-bond acceptors (Lipinski definition) is 3. The Kier molecular flexibility index (Phi) is 8.80. The van der Waals surface area contributed by atoms with Crippen LogP contribution >= 0.6 is 11.8 Å². The molecule has 12 aromatic carbocycles. The molecule has 0 atom stereocenters. The van der Waals surface area contributed by atoms with Crippen molar-refractivity contribution in [3.63, 3.8) is 0 Å². The number of para-hydroxylation sites is 2. The van der Waals surface area contributed by atoms with Crippen molar-refractivity contribution in [2.75, 3.05) is 4.90 Å². The summed E-state index contributed by atoms with van der Waals surface area (Å²) in [7, 11) is 0. The van der Waals surface area contributed by atoms with E-state index in [1.165, 1.54) is 113 Å². The van der Waals surface area contributed by atoms with E-state index in [0.29, 0.717) is 0 Å². The van der Waals surface area contributed by atoms with Gasteiger partial charge in [-0.3, -0.25) is 4.90 Å². The van der Waals surface area contributed by atoms with E-state index in [-0.39, 0.29) is 0 Å². The number of fused-ring (bicyclic) bond motifs is 10. The number of pyridine rings is 1. The molecule has 1 aliphatic heterocycles. The summed E-state index contributed by atoms with van der Waals surface area (Å²) in [5.74, 6) is 0.893. The van der Waals surface area contributed by atoms with E-state index < -0.39 is 0 Å². The maximum atomic E-state index is 4.90. The van der Waals surface area contributed by atoms with E-state index in [0.717, 1.165) is 39.5 Å². The van der Waals surface area contributed by atoms with Gasteiger partial charge in [0.25, 0.3) is 0 Å². The molecule has 16 rings (SSSR count). The molecule has 0 fully saturated rings. The van der Waals surface area contributed by atoms with Crippen molar-refractivity contribution in [2.45, 2.75) is 9.79 Å². The first-order valence-corrected chi connectivity index (χ1v) is 26.0. The summed E-state index contributed by atoms with van der Waals surface area (Å²) in [6.07, 6.45) is 1.88. The normalized spacial score (nSPS) is 12.6. The lowest BCUT2D eigenvalue weighted by Gasteiger charge is -2.32. The van der Waals surface area contributed by atoms with Crippen molar-refractivity contribution >= 4 is 121 Å². The zero-order chi connectivity index (χ0) is 48.6. The molecule has 0 saturated heterocycles. The summed E-state index contributed by atoms with van der Waals surface area (Å²) in [4.78, 5) is 9.59. The largest absolute Gasteiger partial charge is 0.309 e. The van der Waals surface area contributed by atoms with Gasteiger partial charge in [-0.2, -0.15) is 0 Å². The molecule has 0 spiro atoms. The summed E-state index contributed by atoms with van der Waals surface area (Å²) < 4.78 is 4.92. The van der Waals surface area contributed by atoms with E-state index in [2.05, 4.69) is 245 Å². The van der Waals surface area contributed by atoms with Gasteiger partial charge < -0.3 is 9.13 Å². The molecule has 3 aromatic heterocycles. The van der Waals surface area contributed by atoms with Gasteiger partial charge in [0.05, 0.1) is 39.1 Å². The minimum atomic E-state index is 0.893. The fourth-order valence-corrected chi connectivity index (χ4v) is 13.5. The molecule has 0 radical (unpaired) electrons. The molecule has 74 heavy (non-hydrogen) atoms. The van der Waals surface area contributed by atoms with Crippen LogP contribution in [-0.2, 0) is 0 Å². The first-order chi connectivity index (χ1) is 36.6. The quantitative estimate of drug-likeness (QED) is 0.155. The molecule has 4 heterocycles. The Morgan fingerprint density at radius 2 is 1.01 bits per heavy atom. The van der Waals surface area contributed by atoms with Crippen molar-refractivity contribution in [2.24, 2.45) is 0 Å². The van der Waals surface area contributed by atoms with Gasteiger partial charge in [-0.25, -0.2) is 4.98 Å². The van der Waals surface area contributed by atoms with E-state index in [1.54, 1.807) is 0 Å². The lowest BCUT2D eigenvalue weighted by molar-refractivity contribution is 1.11. The van der Waals surface area contributed by atoms with Crippen LogP contribution in [0.2, 0.25) is 0 Å². The smallest absolute Gasteiger partial charge is 0.137 e. The molecule has 0 amide bonds. The highest BCUT2D eigenvalue weighted by Gasteiger charge is 2.28. The number of anilines is 3. The van der Waals surface area contributed by atoms with Crippen molar-refractivity contribution < 1.29 is 0 Å². The SMILES string of the molecule is C=C(c1ccccc1)n1c2ccccc2c2c3c(-n4c5ccccc5c5cc(-c6ccc7c(c6)Sc6cc(-c8cccc9ccccc89)ccc6N7c6ccccn6)ccc54)cc4cccc5ccc(cc21)c3c54. The standard InChI is InChI=1S/C69H42N4S/c1-42(43-15-3-2-4-16-43)71-57-26-10-8-23-54(57)68-61(71)39-50-29-28-45-19-13-20-49-38-62(69(68)67(50)66(45)49)72-56-25-9-7-22-53(56)55-37-46(30-33-58(55)72)47-31-34-59-63(40-47)74-64-41-48(52-24-14-18-44-17-5-6-21-51(44)52)32-35-60(64)73(59)65-27-11-12-36-70-65/h2-41H,1H2. The van der Waals surface area contributed by atoms with Crippen molar-refractivity contribution in [3.05, 3.63) is 255 Å². The van der Waals surface area contributed by atoms with Crippen LogP contribution in [0.15, 0.2) is 259 Å². The van der Waals surface area contributed by atoms with E-state index in [9.17, 15) is 0 Å². The minimum Gasteiger partial charge on any atom is -0.309 e. The average molecular weight is 959 g/mol. The Balaban J connectivity index is 0.902. The zero-order valence-corrected chi connectivity index (χ0v) is 40.8. The van der Waals surface area contributed by atoms with E-state index in [1.807, 2.05) is 24.0 Å². The number of aromatic nitrogens is 3. The second-order valence-electron chi connectivity index (χ2n) is 19.6. The van der Waals surface area contributed by atoms with Crippen molar-refractivity contribution in [3.8, 4) is 27.9 Å². The van der Waals surface area contributed by atoms with E-state index >= 15 is 0 Å². The third-order valence-corrected chi connectivity index (χ3v) is 16.7. The summed E-state index contributed by atoms with van der Waals surface area (Å²) in [5, 5.41) is 14.9. The molecular formula is C69H42N4S. The highest BCUT2D eigenvalue weighted by molar-refractivity contribution is 7.99. The van der Waals surface area contributed by atoms with Crippen LogP contribution in [0.3, 0.4) is 0 Å². The molecule has 0 aliphatic carbocycles. The van der Waals surface area contributed by atoms with Crippen LogP contribution in [0.25, 0.3) is 120 Å². The number of nitrogens with zero attached hydrogens (tertiary/aromatic N) is 4. The van der Waals surface area contributed by atoms with Crippen molar-refractivity contribution in [1.82, 2.24) is 14.1 Å². The van der Waals surface area contributed by atoms with Gasteiger partial charge in [0.2, 0.25) is 0 Å². The van der Waals surface area contributed by atoms with Gasteiger partial charge in [-0.15, -0.1) is 0 Å². The second kappa shape index (κ2) is 15.8. The molecule has 5 heteroatoms. The Morgan fingerprint density at radius 1 is 0.378 bits per heavy atom. The van der Waals surface area contributed by atoms with Gasteiger partial charge in [0, 0.05) is 54.0 Å². The van der Waals surface area contributed by atoms with Gasteiger partial charge in [0.15, 0.2) is 0 Å². The predicted molar refractivity (Wildman–Crippen MR) is 313 cm³/mol. The van der Waals surface area contributed by atoms with Crippen LogP contribution in [-0.4, -0.2) is 14.1 Å². The maximum absolute atomic E-state index is 4.90. The van der Waals surface area contributed by atoms with Crippen molar-refractivity contribution in [1.29, 1.82) is 0 Å². The first-order valence-electron chi connectivity index (χ1n) is 25.2. The fourth-order valence-electron chi connectivity index (χ4n) is 12.3. The highest BCUT2D eigenvalue weighted by atomic mass is 32.2. The lowest BCUT2D eigenvalue weighted by Crippen LogP contribution is -2.16. The van der Waals surface area contributed by atoms with Crippen LogP contribution < -0.4 is 4.90 Å². The topological polar surface area (TPSA) is 26.0 Å². The fraction of sp³-hybridized carbons (Fsp3) is 0. The van der Waals surface area contributed by atoms with Gasteiger partial charge in [-0.05, 0) is 133 Å². The molecule has 344 valence electrons. The Bertz CT molecular complexity index is 4830. The molecule has 0 N–H and O–H groups in total. The minimum absolute atomic E-state index is 0.893. The molecule has 0 saturated carbocycles. The zero-order valence-electron chi connectivity index (χ0n) is 40.0. The van der Waals surface area contributed by atoms with Crippen LogP contribution in [0.4, 0.5) is 17.2 Å². The number of hydrogen-bond donors (Lipinski definition) is 0. The average Bonchev–Trinajstić information content (AvgIpc) is 4.07. The summed E-state index contributed by atoms with van der Waals surface area (Å²) in [6, 6.07) is 86.9. The van der Waals surface area contributed by atoms with Gasteiger partial charge in [0.1, 0.15) is 5.82 Å². The van der Waals surface area contributed by atoms with Gasteiger partial charge in [-0.1, -0.05) is 182 Å². The Morgan fingerprint density at radius 3 is 1.86 bits per heavy atom. The van der Waals surface area contributed by atoms with Crippen LogP contribution in [0.5, 0.6) is 0 Å². The monoisotopic (exact) mass is 958 g/mol. The summed E-state index contributed by atoms with van der Waals surface area (Å²) in [6.45, 7) is 4.76. The number of benzene rings is 12. The third-order valence-electron chi connectivity index (χ3n) is 15.6. The molecule has 0 bridgehead atoms. The Labute approximate surface area is 430 Å². The highest BCUT2D eigenvalue weighted by Crippen LogP contribution is 2.54. The lowest BCUT2D eigenvalue weighted by atomic mass is 9.90. The third kappa shape index (κ3) is 5.96. The van der Waals surface area contributed by atoms with Gasteiger partial charge >= 0.3 is 0 Å². The summed E-state index contributed by atoms with van der Waals surface area (Å²) in [5.41, 5.74) is 14.9. The predicted octanol–water partition coefficient (Wildman–Crippen LogP) is 19.1. The first kappa shape index (κ1) is 41.2. The maximum Gasteiger partial charge on any atom is 0.137 e. The van der Waals surface area contributed by atoms with E-state index in [4.69, 9.17) is 11.6 Å². The summed E-state index contributed by atoms with van der Waals surface area (Å²) >= 11 is 1.84. The number of rotatable bonds is 6. The molecular weight excluding hydrogens is 917 g/mol. The molecule has 0 unspecified atom stereocenters. The second-order valence-corrected chi connectivity index (χ2v) is 20.6. The molecule has 4 nitrogen and oxygen atoms in total. The molecule has 1 aliphatic rings. The van der Waals surface area contributed by atoms with Crippen LogP contribution in [0.1, 0.15) is 5.56 Å². The Hall–Kier alpha value is -9.42.